The van der Waals surface area contributed by atoms with Crippen LogP contribution in [0.25, 0.3) is 10.2 Å². The molecule has 4 nitrogen and oxygen atoms in total. The highest BCUT2D eigenvalue weighted by Gasteiger charge is 2.10. The van der Waals surface area contributed by atoms with E-state index in [2.05, 4.69) is 47.0 Å². The molecule has 0 fully saturated rings. The second-order valence-electron chi connectivity index (χ2n) is 5.79. The van der Waals surface area contributed by atoms with Gasteiger partial charge >= 0.3 is 0 Å². The number of aryl methyl sites for hydroxylation is 2. The zero-order valence-electron chi connectivity index (χ0n) is 14.7. The predicted molar refractivity (Wildman–Crippen MR) is 109 cm³/mol. The summed E-state index contributed by atoms with van der Waals surface area (Å²) in [6, 6.07) is 15.1. The van der Waals surface area contributed by atoms with Crippen molar-refractivity contribution in [3.05, 3.63) is 64.0 Å². The van der Waals surface area contributed by atoms with Crippen molar-refractivity contribution in [2.75, 3.05) is 12.0 Å². The van der Waals surface area contributed by atoms with Gasteiger partial charge in [-0.05, 0) is 54.6 Å². The van der Waals surface area contributed by atoms with Crippen LogP contribution in [0.1, 0.15) is 28.4 Å². The third kappa shape index (κ3) is 3.90. The first-order valence-corrected chi connectivity index (χ1v) is 10.6. The van der Waals surface area contributed by atoms with Crippen LogP contribution in [-0.2, 0) is 13.0 Å². The monoisotopic (exact) mass is 381 g/mol. The van der Waals surface area contributed by atoms with Gasteiger partial charge in [0, 0.05) is 17.9 Å². The Morgan fingerprint density at radius 3 is 2.69 bits per heavy atom. The van der Waals surface area contributed by atoms with Crippen molar-refractivity contribution in [3.8, 4) is 6.07 Å². The molecule has 1 aromatic heterocycles. The van der Waals surface area contributed by atoms with Gasteiger partial charge in [0.25, 0.3) is 5.91 Å². The van der Waals surface area contributed by atoms with E-state index in [1.54, 1.807) is 47.4 Å². The summed E-state index contributed by atoms with van der Waals surface area (Å²) < 4.78 is 3.27. The molecule has 2 aromatic carbocycles. The number of fused-ring (bicyclic) bond motifs is 1. The van der Waals surface area contributed by atoms with Crippen molar-refractivity contribution in [2.24, 2.45) is 4.99 Å². The lowest BCUT2D eigenvalue weighted by Gasteiger charge is -2.04. The fourth-order valence-corrected chi connectivity index (χ4v) is 4.14. The van der Waals surface area contributed by atoms with E-state index in [-0.39, 0.29) is 5.91 Å². The van der Waals surface area contributed by atoms with E-state index in [0.29, 0.717) is 11.1 Å². The second kappa shape index (κ2) is 8.35. The van der Waals surface area contributed by atoms with Crippen molar-refractivity contribution in [1.29, 1.82) is 5.26 Å². The van der Waals surface area contributed by atoms with Gasteiger partial charge in [-0.15, -0.1) is 0 Å². The average Bonchev–Trinajstić information content (AvgIpc) is 3.02. The number of amides is 1. The molecule has 3 rings (SSSR count). The van der Waals surface area contributed by atoms with Crippen LogP contribution < -0.4 is 4.80 Å². The van der Waals surface area contributed by atoms with E-state index in [1.807, 2.05) is 0 Å². The molecule has 1 heterocycles. The Morgan fingerprint density at radius 2 is 2.04 bits per heavy atom. The molecule has 1 amide bonds. The molecule has 3 aromatic rings. The minimum absolute atomic E-state index is 0.283. The van der Waals surface area contributed by atoms with Crippen LogP contribution in [0.4, 0.5) is 0 Å². The summed E-state index contributed by atoms with van der Waals surface area (Å²) in [5.74, 6) is 0.675. The van der Waals surface area contributed by atoms with Gasteiger partial charge in [0.05, 0.1) is 21.8 Å². The molecule has 0 aliphatic rings. The van der Waals surface area contributed by atoms with Crippen LogP contribution in [0.2, 0.25) is 0 Å². The Morgan fingerprint density at radius 1 is 1.27 bits per heavy atom. The van der Waals surface area contributed by atoms with Crippen molar-refractivity contribution < 1.29 is 4.79 Å². The lowest BCUT2D eigenvalue weighted by Crippen LogP contribution is -2.18. The molecule has 0 aliphatic heterocycles. The number of thioether (sulfide) groups is 1. The van der Waals surface area contributed by atoms with Crippen LogP contribution in [0.15, 0.2) is 47.5 Å². The normalized spacial score (nSPS) is 11.7. The number of benzene rings is 2. The number of nitrogens with zero attached hydrogens (tertiary/aromatic N) is 3. The Balaban J connectivity index is 2.07. The summed E-state index contributed by atoms with van der Waals surface area (Å²) >= 11 is 3.32. The summed E-state index contributed by atoms with van der Waals surface area (Å²) in [7, 11) is 0. The molecular weight excluding hydrogens is 362 g/mol. The highest BCUT2D eigenvalue weighted by atomic mass is 32.2. The minimum Gasteiger partial charge on any atom is -0.316 e. The summed E-state index contributed by atoms with van der Waals surface area (Å²) in [5.41, 5.74) is 3.42. The zero-order chi connectivity index (χ0) is 18.5. The topological polar surface area (TPSA) is 58.1 Å². The van der Waals surface area contributed by atoms with Crippen molar-refractivity contribution in [3.63, 3.8) is 0 Å². The summed E-state index contributed by atoms with van der Waals surface area (Å²) in [5, 5.41) is 8.88. The van der Waals surface area contributed by atoms with Gasteiger partial charge in [-0.2, -0.15) is 22.0 Å². The van der Waals surface area contributed by atoms with E-state index in [4.69, 9.17) is 5.26 Å². The zero-order valence-corrected chi connectivity index (χ0v) is 16.4. The maximum atomic E-state index is 12.6. The van der Waals surface area contributed by atoms with Gasteiger partial charge in [0.1, 0.15) is 0 Å². The van der Waals surface area contributed by atoms with E-state index in [9.17, 15) is 4.79 Å². The van der Waals surface area contributed by atoms with Crippen LogP contribution in [-0.4, -0.2) is 22.5 Å². The van der Waals surface area contributed by atoms with Gasteiger partial charge in [0.15, 0.2) is 4.80 Å². The first kappa shape index (κ1) is 18.4. The molecule has 0 N–H and O–H groups in total. The molecule has 0 spiro atoms. The number of hydrogen-bond donors (Lipinski definition) is 0. The SMILES string of the molecule is CCc1ccc2c(c1)sc(=NC(=O)c1ccc(C#N)cc1)n2CCSC. The van der Waals surface area contributed by atoms with E-state index >= 15 is 0 Å². The van der Waals surface area contributed by atoms with Gasteiger partial charge < -0.3 is 4.57 Å². The summed E-state index contributed by atoms with van der Waals surface area (Å²) in [4.78, 5) is 17.7. The van der Waals surface area contributed by atoms with Crippen LogP contribution in [0.5, 0.6) is 0 Å². The number of thiazole rings is 1. The molecule has 0 unspecified atom stereocenters. The lowest BCUT2D eigenvalue weighted by atomic mass is 10.1. The predicted octanol–water partition coefficient (Wildman–Crippen LogP) is 4.24. The average molecular weight is 382 g/mol. The molecule has 0 saturated heterocycles. The molecule has 26 heavy (non-hydrogen) atoms. The third-order valence-corrected chi connectivity index (χ3v) is 5.76. The molecule has 6 heteroatoms. The Kier molecular flexibility index (Phi) is 5.92. The van der Waals surface area contributed by atoms with Crippen LogP contribution in [0.3, 0.4) is 0 Å². The number of carbonyl (C=O) groups is 1. The third-order valence-electron chi connectivity index (χ3n) is 4.13. The first-order valence-electron chi connectivity index (χ1n) is 8.36. The smallest absolute Gasteiger partial charge is 0.279 e. The van der Waals surface area contributed by atoms with Crippen molar-refractivity contribution in [2.45, 2.75) is 19.9 Å². The van der Waals surface area contributed by atoms with E-state index in [1.165, 1.54) is 5.56 Å². The molecule has 0 bridgehead atoms. The largest absolute Gasteiger partial charge is 0.316 e. The minimum atomic E-state index is -0.283. The van der Waals surface area contributed by atoms with Crippen LogP contribution >= 0.6 is 23.1 Å². The van der Waals surface area contributed by atoms with Crippen molar-refractivity contribution >= 4 is 39.2 Å². The molecular formula is C20H19N3OS2. The van der Waals surface area contributed by atoms with Gasteiger partial charge in [0.2, 0.25) is 0 Å². The standard InChI is InChI=1S/C20H19N3OS2/c1-3-14-6-9-17-18(12-14)26-20(23(17)10-11-25-2)22-19(24)16-7-4-15(13-21)5-8-16/h4-9,12H,3,10-11H2,1-2H3. The molecule has 0 atom stereocenters. The van der Waals surface area contributed by atoms with Gasteiger partial charge in [-0.1, -0.05) is 24.3 Å². The van der Waals surface area contributed by atoms with E-state index in [0.717, 1.165) is 33.7 Å². The number of hydrogen-bond acceptors (Lipinski definition) is 4. The summed E-state index contributed by atoms with van der Waals surface area (Å²) in [6.07, 6.45) is 3.05. The summed E-state index contributed by atoms with van der Waals surface area (Å²) in [6.45, 7) is 2.95. The highest BCUT2D eigenvalue weighted by molar-refractivity contribution is 7.98. The molecule has 0 aliphatic carbocycles. The number of aromatic nitrogens is 1. The van der Waals surface area contributed by atoms with Crippen molar-refractivity contribution in [1.82, 2.24) is 4.57 Å². The molecule has 132 valence electrons. The second-order valence-corrected chi connectivity index (χ2v) is 7.79. The Bertz CT molecular complexity index is 1040. The lowest BCUT2D eigenvalue weighted by molar-refractivity contribution is 0.0998. The quantitative estimate of drug-likeness (QED) is 0.664. The maximum Gasteiger partial charge on any atom is 0.279 e. The van der Waals surface area contributed by atoms with Gasteiger partial charge in [-0.3, -0.25) is 4.79 Å². The highest BCUT2D eigenvalue weighted by Crippen LogP contribution is 2.20. The Hall–Kier alpha value is -2.36. The maximum absolute atomic E-state index is 12.6. The number of rotatable bonds is 5. The Labute approximate surface area is 160 Å². The van der Waals surface area contributed by atoms with E-state index < -0.39 is 0 Å². The fraction of sp³-hybridized carbons (Fsp3) is 0.250. The van der Waals surface area contributed by atoms with Gasteiger partial charge in [-0.25, -0.2) is 0 Å². The fourth-order valence-electron chi connectivity index (χ4n) is 2.66. The molecule has 0 saturated carbocycles. The number of nitriles is 1. The first-order chi connectivity index (χ1) is 12.7. The number of carbonyl (C=O) groups excluding carboxylic acids is 1. The molecule has 0 radical (unpaired) electrons. The van der Waals surface area contributed by atoms with Crippen LogP contribution in [0, 0.1) is 11.3 Å².